The number of hydrogen-bond donors (Lipinski definition) is 1. The molecule has 0 aliphatic heterocycles. The number of halogens is 2. The van der Waals surface area contributed by atoms with E-state index in [9.17, 15) is 0 Å². The average Bonchev–Trinajstić information content (AvgIpc) is 2.37. The maximum atomic E-state index is 6.34. The van der Waals surface area contributed by atoms with Gasteiger partial charge in [0.25, 0.3) is 0 Å². The second-order valence-electron chi connectivity index (χ2n) is 5.44. The molecule has 0 aromatic heterocycles. The monoisotopic (exact) mass is 349 g/mol. The molecule has 0 radical (unpaired) electrons. The zero-order chi connectivity index (χ0) is 14.1. The molecule has 2 aromatic rings. The van der Waals surface area contributed by atoms with E-state index in [1.807, 2.05) is 18.2 Å². The highest BCUT2D eigenvalue weighted by atomic mass is 79.9. The Labute approximate surface area is 133 Å². The van der Waals surface area contributed by atoms with Crippen molar-refractivity contribution >= 4 is 27.5 Å². The molecule has 1 aliphatic carbocycles. The summed E-state index contributed by atoms with van der Waals surface area (Å²) < 4.78 is 0.971. The Morgan fingerprint density at radius 3 is 2.35 bits per heavy atom. The van der Waals surface area contributed by atoms with Gasteiger partial charge in [-0.05, 0) is 47.6 Å². The molecule has 0 spiro atoms. The van der Waals surface area contributed by atoms with Crippen LogP contribution in [0.1, 0.15) is 47.9 Å². The van der Waals surface area contributed by atoms with E-state index in [0.717, 1.165) is 21.5 Å². The maximum absolute atomic E-state index is 6.34. The summed E-state index contributed by atoms with van der Waals surface area (Å²) in [6.07, 6.45) is 4.01. The molecule has 0 saturated heterocycles. The largest absolute Gasteiger partial charge is 0.320 e. The van der Waals surface area contributed by atoms with Crippen molar-refractivity contribution in [2.75, 3.05) is 0 Å². The van der Waals surface area contributed by atoms with Crippen molar-refractivity contribution in [3.05, 3.63) is 68.7 Å². The third kappa shape index (κ3) is 2.78. The average molecular weight is 351 g/mol. The molecule has 104 valence electrons. The van der Waals surface area contributed by atoms with Gasteiger partial charge in [-0.3, -0.25) is 0 Å². The normalized spacial score (nSPS) is 16.8. The minimum Gasteiger partial charge on any atom is -0.320 e. The van der Waals surface area contributed by atoms with Gasteiger partial charge in [0.15, 0.2) is 0 Å². The highest BCUT2D eigenvalue weighted by Crippen LogP contribution is 2.37. The summed E-state index contributed by atoms with van der Waals surface area (Å²) in [7, 11) is 0. The van der Waals surface area contributed by atoms with Gasteiger partial charge in [-0.1, -0.05) is 64.3 Å². The van der Waals surface area contributed by atoms with Crippen LogP contribution in [-0.4, -0.2) is 0 Å². The van der Waals surface area contributed by atoms with E-state index in [0.29, 0.717) is 5.02 Å². The zero-order valence-electron chi connectivity index (χ0n) is 11.2. The SMILES string of the molecule is NC(c1ccc(C2CCC2)cc1)c1ccc(Br)cc1Cl. The fraction of sp³-hybridized carbons (Fsp3) is 0.294. The lowest BCUT2D eigenvalue weighted by Crippen LogP contribution is -2.13. The van der Waals surface area contributed by atoms with Crippen molar-refractivity contribution in [3.63, 3.8) is 0 Å². The van der Waals surface area contributed by atoms with Crippen molar-refractivity contribution in [2.24, 2.45) is 5.73 Å². The minimum atomic E-state index is -0.175. The standard InChI is InChI=1S/C17H17BrClN/c18-14-8-9-15(16(19)10-14)17(20)13-6-4-12(5-7-13)11-2-1-3-11/h4-11,17H,1-3,20H2. The predicted octanol–water partition coefficient (Wildman–Crippen LogP) is 5.42. The third-order valence-electron chi connectivity index (χ3n) is 4.17. The Morgan fingerprint density at radius 2 is 1.80 bits per heavy atom. The second-order valence-corrected chi connectivity index (χ2v) is 6.76. The van der Waals surface area contributed by atoms with Gasteiger partial charge in [0.2, 0.25) is 0 Å². The third-order valence-corrected chi connectivity index (χ3v) is 4.99. The highest BCUT2D eigenvalue weighted by Gasteiger charge is 2.20. The summed E-state index contributed by atoms with van der Waals surface area (Å²) in [5.74, 6) is 0.761. The summed E-state index contributed by atoms with van der Waals surface area (Å²) in [6.45, 7) is 0. The molecular weight excluding hydrogens is 334 g/mol. The quantitative estimate of drug-likeness (QED) is 0.786. The lowest BCUT2D eigenvalue weighted by Gasteiger charge is -2.26. The molecule has 1 fully saturated rings. The van der Waals surface area contributed by atoms with Gasteiger partial charge >= 0.3 is 0 Å². The first-order chi connectivity index (χ1) is 9.65. The number of rotatable bonds is 3. The van der Waals surface area contributed by atoms with E-state index < -0.39 is 0 Å². The number of benzene rings is 2. The van der Waals surface area contributed by atoms with Crippen molar-refractivity contribution in [2.45, 2.75) is 31.2 Å². The Kier molecular flexibility index (Phi) is 4.16. The molecule has 0 bridgehead atoms. The molecule has 1 saturated carbocycles. The van der Waals surface area contributed by atoms with Crippen LogP contribution in [0.2, 0.25) is 5.02 Å². The Hall–Kier alpha value is -0.830. The number of hydrogen-bond acceptors (Lipinski definition) is 1. The zero-order valence-corrected chi connectivity index (χ0v) is 13.5. The van der Waals surface area contributed by atoms with Crippen LogP contribution in [0.3, 0.4) is 0 Å². The summed E-state index contributed by atoms with van der Waals surface area (Å²) in [6, 6.07) is 14.4. The fourth-order valence-corrected chi connectivity index (χ4v) is 3.44. The van der Waals surface area contributed by atoms with Gasteiger partial charge < -0.3 is 5.73 Å². The van der Waals surface area contributed by atoms with Crippen LogP contribution in [0.15, 0.2) is 46.9 Å². The summed E-state index contributed by atoms with van der Waals surface area (Å²) in [4.78, 5) is 0. The van der Waals surface area contributed by atoms with Crippen LogP contribution in [0, 0.1) is 0 Å². The Bertz CT molecular complexity index is 605. The first-order valence-electron chi connectivity index (χ1n) is 6.95. The van der Waals surface area contributed by atoms with Crippen LogP contribution < -0.4 is 5.73 Å². The first kappa shape index (κ1) is 14.1. The van der Waals surface area contributed by atoms with Crippen molar-refractivity contribution in [1.29, 1.82) is 0 Å². The molecule has 1 atom stereocenters. The van der Waals surface area contributed by atoms with Crippen molar-refractivity contribution in [3.8, 4) is 0 Å². The molecule has 1 aliphatic rings. The van der Waals surface area contributed by atoms with Gasteiger partial charge in [0.05, 0.1) is 6.04 Å². The highest BCUT2D eigenvalue weighted by molar-refractivity contribution is 9.10. The Morgan fingerprint density at radius 1 is 1.10 bits per heavy atom. The fourth-order valence-electron chi connectivity index (χ4n) is 2.65. The van der Waals surface area contributed by atoms with Crippen molar-refractivity contribution in [1.82, 2.24) is 0 Å². The van der Waals surface area contributed by atoms with Crippen LogP contribution in [0.4, 0.5) is 0 Å². The number of nitrogens with two attached hydrogens (primary N) is 1. The second kappa shape index (κ2) is 5.88. The molecule has 3 heteroatoms. The lowest BCUT2D eigenvalue weighted by atomic mass is 9.79. The van der Waals surface area contributed by atoms with Gasteiger partial charge in [0.1, 0.15) is 0 Å². The summed E-state index contributed by atoms with van der Waals surface area (Å²) >= 11 is 9.69. The lowest BCUT2D eigenvalue weighted by molar-refractivity contribution is 0.419. The van der Waals surface area contributed by atoms with Crippen LogP contribution in [-0.2, 0) is 0 Å². The van der Waals surface area contributed by atoms with Crippen LogP contribution in [0.5, 0.6) is 0 Å². The Balaban J connectivity index is 1.84. The molecule has 3 rings (SSSR count). The van der Waals surface area contributed by atoms with Gasteiger partial charge in [0, 0.05) is 9.50 Å². The van der Waals surface area contributed by atoms with E-state index in [2.05, 4.69) is 40.2 Å². The van der Waals surface area contributed by atoms with Gasteiger partial charge in [-0.25, -0.2) is 0 Å². The first-order valence-corrected chi connectivity index (χ1v) is 8.12. The molecule has 2 N–H and O–H groups in total. The van der Waals surface area contributed by atoms with Crippen molar-refractivity contribution < 1.29 is 0 Å². The smallest absolute Gasteiger partial charge is 0.0566 e. The summed E-state index contributed by atoms with van der Waals surface area (Å²) in [5.41, 5.74) is 9.85. The molecule has 1 unspecified atom stereocenters. The van der Waals surface area contributed by atoms with E-state index >= 15 is 0 Å². The molecular formula is C17H17BrClN. The molecule has 1 nitrogen and oxygen atoms in total. The van der Waals surface area contributed by atoms with Crippen LogP contribution >= 0.6 is 27.5 Å². The van der Waals surface area contributed by atoms with E-state index in [1.54, 1.807) is 0 Å². The minimum absolute atomic E-state index is 0.175. The van der Waals surface area contributed by atoms with Gasteiger partial charge in [-0.15, -0.1) is 0 Å². The molecule has 0 amide bonds. The van der Waals surface area contributed by atoms with E-state index in [1.165, 1.54) is 24.8 Å². The van der Waals surface area contributed by atoms with E-state index in [4.69, 9.17) is 17.3 Å². The molecule has 2 aromatic carbocycles. The van der Waals surface area contributed by atoms with Gasteiger partial charge in [-0.2, -0.15) is 0 Å². The molecule has 0 heterocycles. The maximum Gasteiger partial charge on any atom is 0.0566 e. The summed E-state index contributed by atoms with van der Waals surface area (Å²) in [5, 5.41) is 0.704. The van der Waals surface area contributed by atoms with Crippen LogP contribution in [0.25, 0.3) is 0 Å². The topological polar surface area (TPSA) is 26.0 Å². The predicted molar refractivity (Wildman–Crippen MR) is 88.2 cm³/mol. The molecule has 20 heavy (non-hydrogen) atoms. The van der Waals surface area contributed by atoms with E-state index in [-0.39, 0.29) is 6.04 Å².